The molecule has 82 valence electrons. The van der Waals surface area contributed by atoms with E-state index in [0.29, 0.717) is 0 Å². The van der Waals surface area contributed by atoms with Gasteiger partial charge in [0, 0.05) is 19.4 Å². The van der Waals surface area contributed by atoms with Gasteiger partial charge in [0.1, 0.15) is 0 Å². The molecule has 0 unspecified atom stereocenters. The summed E-state index contributed by atoms with van der Waals surface area (Å²) in [5, 5.41) is 8.48. The first kappa shape index (κ1) is 11.8. The number of nitrogens with zero attached hydrogens (tertiary/aromatic N) is 1. The molecule has 0 spiro atoms. The van der Waals surface area contributed by atoms with Gasteiger partial charge >= 0.3 is 6.18 Å². The summed E-state index contributed by atoms with van der Waals surface area (Å²) in [4.78, 5) is 0. The van der Waals surface area contributed by atoms with Crippen LogP contribution in [0, 0.1) is 17.2 Å². The maximum absolute atomic E-state index is 12.9. The summed E-state index contributed by atoms with van der Waals surface area (Å²) in [5.74, 6) is -0.988. The standard InChI is InChI=1S/C10H10F3NO/c1-15-9(10(11,12)13)6-3-2-4-8(9)5-7-14/h2-4,6,8H,5H2,1H3/t8-,9-/m1/s1. The number of alkyl halides is 3. The van der Waals surface area contributed by atoms with Gasteiger partial charge in [-0.15, -0.1) is 0 Å². The average Bonchev–Trinajstić information content (AvgIpc) is 2.17. The maximum atomic E-state index is 12.9. The Morgan fingerprint density at radius 1 is 1.47 bits per heavy atom. The Hall–Kier alpha value is -1.28. The number of hydrogen-bond acceptors (Lipinski definition) is 2. The highest BCUT2D eigenvalue weighted by Gasteiger charge is 2.58. The van der Waals surface area contributed by atoms with Gasteiger partial charge in [-0.1, -0.05) is 18.2 Å². The smallest absolute Gasteiger partial charge is 0.364 e. The van der Waals surface area contributed by atoms with Gasteiger partial charge in [-0.2, -0.15) is 18.4 Å². The lowest BCUT2D eigenvalue weighted by Crippen LogP contribution is -2.51. The van der Waals surface area contributed by atoms with E-state index in [2.05, 4.69) is 4.74 Å². The SMILES string of the molecule is CO[C@]1(C(F)(F)F)C=CC=C[C@@H]1CC#N. The topological polar surface area (TPSA) is 33.0 Å². The Morgan fingerprint density at radius 2 is 2.13 bits per heavy atom. The van der Waals surface area contributed by atoms with Crippen molar-refractivity contribution < 1.29 is 17.9 Å². The lowest BCUT2D eigenvalue weighted by atomic mass is 9.81. The summed E-state index contributed by atoms with van der Waals surface area (Å²) < 4.78 is 43.1. The Labute approximate surface area is 85.6 Å². The number of allylic oxidation sites excluding steroid dienone is 2. The normalized spacial score (nSPS) is 30.2. The van der Waals surface area contributed by atoms with Gasteiger partial charge < -0.3 is 4.74 Å². The molecule has 15 heavy (non-hydrogen) atoms. The van der Waals surface area contributed by atoms with Crippen LogP contribution in [0.2, 0.25) is 0 Å². The minimum atomic E-state index is -4.52. The van der Waals surface area contributed by atoms with Gasteiger partial charge in [-0.25, -0.2) is 0 Å². The molecule has 0 aromatic rings. The second-order valence-electron chi connectivity index (χ2n) is 3.21. The molecule has 0 aliphatic heterocycles. The predicted molar refractivity (Wildman–Crippen MR) is 47.8 cm³/mol. The molecule has 0 heterocycles. The van der Waals surface area contributed by atoms with Crippen molar-refractivity contribution >= 4 is 0 Å². The predicted octanol–water partition coefficient (Wildman–Crippen LogP) is 2.59. The molecule has 0 bridgehead atoms. The van der Waals surface area contributed by atoms with E-state index >= 15 is 0 Å². The van der Waals surface area contributed by atoms with E-state index in [0.717, 1.165) is 13.2 Å². The van der Waals surface area contributed by atoms with Crippen LogP contribution >= 0.6 is 0 Å². The zero-order chi connectivity index (χ0) is 11.5. The second kappa shape index (κ2) is 4.07. The Bertz CT molecular complexity index is 327. The summed E-state index contributed by atoms with van der Waals surface area (Å²) in [6, 6.07) is 1.73. The van der Waals surface area contributed by atoms with Crippen molar-refractivity contribution in [3.63, 3.8) is 0 Å². The van der Waals surface area contributed by atoms with Crippen LogP contribution in [-0.4, -0.2) is 18.9 Å². The van der Waals surface area contributed by atoms with Crippen LogP contribution in [0.5, 0.6) is 0 Å². The molecule has 0 saturated heterocycles. The van der Waals surface area contributed by atoms with E-state index in [4.69, 9.17) is 5.26 Å². The summed E-state index contributed by atoms with van der Waals surface area (Å²) in [7, 11) is 1.00. The van der Waals surface area contributed by atoms with Crippen LogP contribution in [0.4, 0.5) is 13.2 Å². The molecule has 0 saturated carbocycles. The third-order valence-corrected chi connectivity index (χ3v) is 2.44. The molecule has 0 N–H and O–H groups in total. The molecule has 2 atom stereocenters. The first-order valence-corrected chi connectivity index (χ1v) is 4.33. The van der Waals surface area contributed by atoms with Gasteiger partial charge in [-0.3, -0.25) is 0 Å². The van der Waals surface area contributed by atoms with E-state index in [1.807, 2.05) is 0 Å². The van der Waals surface area contributed by atoms with Crippen LogP contribution in [0.3, 0.4) is 0 Å². The molecule has 1 aliphatic carbocycles. The van der Waals surface area contributed by atoms with Gasteiger partial charge in [0.2, 0.25) is 0 Å². The molecule has 2 nitrogen and oxygen atoms in total. The van der Waals surface area contributed by atoms with Gasteiger partial charge in [0.05, 0.1) is 6.07 Å². The highest BCUT2D eigenvalue weighted by molar-refractivity contribution is 5.25. The van der Waals surface area contributed by atoms with Crippen LogP contribution in [0.15, 0.2) is 24.3 Å². The van der Waals surface area contributed by atoms with Crippen LogP contribution in [0.1, 0.15) is 6.42 Å². The lowest BCUT2D eigenvalue weighted by Gasteiger charge is -2.37. The number of methoxy groups -OCH3 is 1. The van der Waals surface area contributed by atoms with E-state index in [9.17, 15) is 13.2 Å². The van der Waals surface area contributed by atoms with Crippen molar-refractivity contribution in [3.05, 3.63) is 24.3 Å². The minimum Gasteiger partial charge on any atom is -0.364 e. The number of nitriles is 1. The summed E-state index contributed by atoms with van der Waals surface area (Å²) in [6.45, 7) is 0. The largest absolute Gasteiger partial charge is 0.421 e. The highest BCUT2D eigenvalue weighted by atomic mass is 19.4. The molecule has 0 aromatic heterocycles. The Morgan fingerprint density at radius 3 is 2.60 bits per heavy atom. The van der Waals surface area contributed by atoms with Gasteiger partial charge in [0.25, 0.3) is 0 Å². The first-order valence-electron chi connectivity index (χ1n) is 4.33. The molecule has 1 rings (SSSR count). The third-order valence-electron chi connectivity index (χ3n) is 2.44. The minimum absolute atomic E-state index is 0.228. The van der Waals surface area contributed by atoms with Crippen LogP contribution < -0.4 is 0 Å². The van der Waals surface area contributed by atoms with Crippen LogP contribution in [-0.2, 0) is 4.74 Å². The van der Waals surface area contributed by atoms with Crippen molar-refractivity contribution in [1.82, 2.24) is 0 Å². The number of hydrogen-bond donors (Lipinski definition) is 0. The lowest BCUT2D eigenvalue weighted by molar-refractivity contribution is -0.262. The molecular formula is C10H10F3NO. The second-order valence-corrected chi connectivity index (χ2v) is 3.21. The molecule has 0 aromatic carbocycles. The maximum Gasteiger partial charge on any atom is 0.421 e. The van der Waals surface area contributed by atoms with Crippen molar-refractivity contribution in [2.24, 2.45) is 5.92 Å². The molecule has 0 fully saturated rings. The number of halogens is 3. The summed E-state index contributed by atoms with van der Waals surface area (Å²) >= 11 is 0. The van der Waals surface area contributed by atoms with E-state index < -0.39 is 17.7 Å². The fraction of sp³-hybridized carbons (Fsp3) is 0.500. The Kier molecular flexibility index (Phi) is 3.20. The van der Waals surface area contributed by atoms with Crippen molar-refractivity contribution in [3.8, 4) is 6.07 Å². The number of ether oxygens (including phenoxy) is 1. The number of rotatable bonds is 2. The van der Waals surface area contributed by atoms with Gasteiger partial charge in [0.15, 0.2) is 5.60 Å². The van der Waals surface area contributed by atoms with Crippen molar-refractivity contribution in [2.75, 3.05) is 7.11 Å². The van der Waals surface area contributed by atoms with Gasteiger partial charge in [-0.05, 0) is 6.08 Å². The quantitative estimate of drug-likeness (QED) is 0.712. The van der Waals surface area contributed by atoms with Crippen molar-refractivity contribution in [1.29, 1.82) is 5.26 Å². The third kappa shape index (κ3) is 1.90. The summed E-state index contributed by atoms with van der Waals surface area (Å²) in [5.41, 5.74) is -2.36. The average molecular weight is 217 g/mol. The Balaban J connectivity index is 3.11. The summed E-state index contributed by atoms with van der Waals surface area (Å²) in [6.07, 6.45) is 0.323. The van der Waals surface area contributed by atoms with E-state index in [-0.39, 0.29) is 6.42 Å². The fourth-order valence-electron chi connectivity index (χ4n) is 1.62. The zero-order valence-corrected chi connectivity index (χ0v) is 8.08. The first-order chi connectivity index (χ1) is 6.98. The van der Waals surface area contributed by atoms with Crippen LogP contribution in [0.25, 0.3) is 0 Å². The monoisotopic (exact) mass is 217 g/mol. The zero-order valence-electron chi connectivity index (χ0n) is 8.08. The molecule has 0 amide bonds. The van der Waals surface area contributed by atoms with Crippen molar-refractivity contribution in [2.45, 2.75) is 18.2 Å². The van der Waals surface area contributed by atoms with E-state index in [1.165, 1.54) is 18.2 Å². The molecule has 1 aliphatic rings. The molecular weight excluding hydrogens is 207 g/mol. The van der Waals surface area contributed by atoms with E-state index in [1.54, 1.807) is 6.07 Å². The highest BCUT2D eigenvalue weighted by Crippen LogP contribution is 2.43. The molecule has 0 radical (unpaired) electrons. The fourth-order valence-corrected chi connectivity index (χ4v) is 1.62. The molecule has 5 heteroatoms.